The van der Waals surface area contributed by atoms with Crippen LogP contribution in [0.3, 0.4) is 0 Å². The zero-order valence-electron chi connectivity index (χ0n) is 10.1. The van der Waals surface area contributed by atoms with Crippen LogP contribution in [0.4, 0.5) is 5.69 Å². The van der Waals surface area contributed by atoms with Crippen molar-refractivity contribution in [2.24, 2.45) is 0 Å². The molecule has 2 atom stereocenters. The molecule has 92 valence electrons. The number of anilines is 1. The number of amides is 1. The lowest BCUT2D eigenvalue weighted by Gasteiger charge is -2.22. The molecule has 0 radical (unpaired) electrons. The second-order valence-electron chi connectivity index (χ2n) is 4.54. The minimum absolute atomic E-state index is 0.115. The van der Waals surface area contributed by atoms with Crippen molar-refractivity contribution in [3.8, 4) is 0 Å². The minimum atomic E-state index is -0.115. The first-order valence-electron chi connectivity index (χ1n) is 5.91. The third-order valence-electron chi connectivity index (χ3n) is 3.09. The average Bonchev–Trinajstić information content (AvgIpc) is 2.42. The van der Waals surface area contributed by atoms with Crippen molar-refractivity contribution in [3.63, 3.8) is 0 Å². The maximum atomic E-state index is 12.2. The highest BCUT2D eigenvalue weighted by Gasteiger charge is 2.26. The van der Waals surface area contributed by atoms with Gasteiger partial charge in [-0.2, -0.15) is 0 Å². The topological polar surface area (TPSA) is 32.3 Å². The Morgan fingerprint density at radius 1 is 1.29 bits per heavy atom. The number of rotatable bonds is 1. The molecule has 1 fully saturated rings. The molecule has 0 aromatic heterocycles. The fraction of sp³-hybridized carbons (Fsp3) is 0.462. The standard InChI is InChI=1S/C13H17BrN2O/c1-9-7-8-16(13(17)10(2)15-9)12-5-3-11(14)4-6-12/h3-6,9-10,15H,7-8H2,1-2H3. The Balaban J connectivity index is 2.24. The molecule has 0 bridgehead atoms. The second-order valence-corrected chi connectivity index (χ2v) is 5.46. The third-order valence-corrected chi connectivity index (χ3v) is 3.62. The molecule has 4 heteroatoms. The number of nitrogens with one attached hydrogen (secondary N) is 1. The first-order chi connectivity index (χ1) is 8.08. The zero-order valence-corrected chi connectivity index (χ0v) is 11.7. The van der Waals surface area contributed by atoms with Crippen molar-refractivity contribution in [2.45, 2.75) is 32.4 Å². The molecule has 1 aliphatic rings. The summed E-state index contributed by atoms with van der Waals surface area (Å²) in [7, 11) is 0. The van der Waals surface area contributed by atoms with Crippen LogP contribution >= 0.6 is 15.9 Å². The van der Waals surface area contributed by atoms with Crippen LogP contribution in [0.1, 0.15) is 20.3 Å². The van der Waals surface area contributed by atoms with Gasteiger partial charge in [-0.05, 0) is 44.5 Å². The van der Waals surface area contributed by atoms with E-state index in [1.807, 2.05) is 36.1 Å². The monoisotopic (exact) mass is 296 g/mol. The van der Waals surface area contributed by atoms with E-state index in [1.54, 1.807) is 0 Å². The molecule has 1 saturated heterocycles. The van der Waals surface area contributed by atoms with E-state index in [9.17, 15) is 4.79 Å². The Bertz CT molecular complexity index is 404. The van der Waals surface area contributed by atoms with E-state index in [1.165, 1.54) is 0 Å². The predicted octanol–water partition coefficient (Wildman–Crippen LogP) is 2.55. The quantitative estimate of drug-likeness (QED) is 0.864. The van der Waals surface area contributed by atoms with Crippen LogP contribution in [0.5, 0.6) is 0 Å². The number of hydrogen-bond donors (Lipinski definition) is 1. The van der Waals surface area contributed by atoms with Gasteiger partial charge in [-0.25, -0.2) is 0 Å². The minimum Gasteiger partial charge on any atom is -0.311 e. The van der Waals surface area contributed by atoms with Crippen LogP contribution in [-0.4, -0.2) is 24.5 Å². The number of carbonyl (C=O) groups excluding carboxylic acids is 1. The summed E-state index contributed by atoms with van der Waals surface area (Å²) in [5.41, 5.74) is 0.973. The molecule has 1 aliphatic heterocycles. The van der Waals surface area contributed by atoms with Crippen LogP contribution in [0.25, 0.3) is 0 Å². The Hall–Kier alpha value is -0.870. The maximum absolute atomic E-state index is 12.2. The van der Waals surface area contributed by atoms with E-state index >= 15 is 0 Å². The van der Waals surface area contributed by atoms with Gasteiger partial charge >= 0.3 is 0 Å². The van der Waals surface area contributed by atoms with Gasteiger partial charge in [-0.15, -0.1) is 0 Å². The molecule has 2 rings (SSSR count). The molecule has 0 aliphatic carbocycles. The maximum Gasteiger partial charge on any atom is 0.243 e. The largest absolute Gasteiger partial charge is 0.311 e. The van der Waals surface area contributed by atoms with E-state index in [0.29, 0.717) is 6.04 Å². The van der Waals surface area contributed by atoms with Crippen molar-refractivity contribution < 1.29 is 4.79 Å². The molecule has 1 amide bonds. The molecule has 1 aromatic carbocycles. The number of hydrogen-bond acceptors (Lipinski definition) is 2. The lowest BCUT2D eigenvalue weighted by Crippen LogP contribution is -2.43. The molecule has 0 spiro atoms. The molecule has 0 saturated carbocycles. The van der Waals surface area contributed by atoms with Gasteiger partial charge in [0.2, 0.25) is 5.91 Å². The van der Waals surface area contributed by atoms with Gasteiger partial charge in [0.25, 0.3) is 0 Å². The Labute approximate surface area is 110 Å². The summed E-state index contributed by atoms with van der Waals surface area (Å²) in [6.45, 7) is 4.82. The van der Waals surface area contributed by atoms with Crippen molar-refractivity contribution in [1.29, 1.82) is 0 Å². The van der Waals surface area contributed by atoms with Gasteiger partial charge < -0.3 is 10.2 Å². The fourth-order valence-corrected chi connectivity index (χ4v) is 2.39. The van der Waals surface area contributed by atoms with E-state index in [2.05, 4.69) is 28.2 Å². The summed E-state index contributed by atoms with van der Waals surface area (Å²) in [6.07, 6.45) is 0.978. The number of halogens is 1. The number of benzene rings is 1. The summed E-state index contributed by atoms with van der Waals surface area (Å²) in [6, 6.07) is 8.16. The summed E-state index contributed by atoms with van der Waals surface area (Å²) in [5.74, 6) is 0.150. The summed E-state index contributed by atoms with van der Waals surface area (Å²) < 4.78 is 1.03. The first-order valence-corrected chi connectivity index (χ1v) is 6.70. The Morgan fingerprint density at radius 3 is 2.59 bits per heavy atom. The molecule has 17 heavy (non-hydrogen) atoms. The van der Waals surface area contributed by atoms with Crippen LogP contribution in [-0.2, 0) is 4.79 Å². The van der Waals surface area contributed by atoms with Crippen molar-refractivity contribution in [3.05, 3.63) is 28.7 Å². The summed E-state index contributed by atoms with van der Waals surface area (Å²) in [4.78, 5) is 14.1. The normalized spacial score (nSPS) is 25.8. The van der Waals surface area contributed by atoms with Gasteiger partial charge in [-0.1, -0.05) is 15.9 Å². The highest BCUT2D eigenvalue weighted by molar-refractivity contribution is 9.10. The van der Waals surface area contributed by atoms with Gasteiger partial charge in [-0.3, -0.25) is 4.79 Å². The van der Waals surface area contributed by atoms with Gasteiger partial charge in [0.05, 0.1) is 6.04 Å². The lowest BCUT2D eigenvalue weighted by atomic mass is 10.2. The first kappa shape index (κ1) is 12.6. The summed E-state index contributed by atoms with van der Waals surface area (Å²) in [5, 5.41) is 3.30. The molecule has 1 heterocycles. The molecule has 3 nitrogen and oxygen atoms in total. The lowest BCUT2D eigenvalue weighted by molar-refractivity contribution is -0.119. The van der Waals surface area contributed by atoms with Crippen molar-refractivity contribution >= 4 is 27.5 Å². The molecule has 1 aromatic rings. The van der Waals surface area contributed by atoms with Crippen molar-refractivity contribution in [1.82, 2.24) is 5.32 Å². The SMILES string of the molecule is CC1CCN(c2ccc(Br)cc2)C(=O)C(C)N1. The van der Waals surface area contributed by atoms with Crippen molar-refractivity contribution in [2.75, 3.05) is 11.4 Å². The highest BCUT2D eigenvalue weighted by atomic mass is 79.9. The second kappa shape index (κ2) is 5.19. The average molecular weight is 297 g/mol. The smallest absolute Gasteiger partial charge is 0.243 e. The Morgan fingerprint density at radius 2 is 1.94 bits per heavy atom. The van der Waals surface area contributed by atoms with E-state index in [-0.39, 0.29) is 11.9 Å². The van der Waals surface area contributed by atoms with E-state index < -0.39 is 0 Å². The molecular weight excluding hydrogens is 280 g/mol. The number of nitrogens with zero attached hydrogens (tertiary/aromatic N) is 1. The zero-order chi connectivity index (χ0) is 12.4. The number of carbonyl (C=O) groups is 1. The van der Waals surface area contributed by atoms with Gasteiger partial charge in [0, 0.05) is 22.7 Å². The van der Waals surface area contributed by atoms with Crippen LogP contribution in [0.15, 0.2) is 28.7 Å². The van der Waals surface area contributed by atoms with E-state index in [0.717, 1.165) is 23.1 Å². The predicted molar refractivity (Wildman–Crippen MR) is 73.2 cm³/mol. The highest BCUT2D eigenvalue weighted by Crippen LogP contribution is 2.21. The third kappa shape index (κ3) is 2.87. The summed E-state index contributed by atoms with van der Waals surface area (Å²) >= 11 is 3.41. The van der Waals surface area contributed by atoms with Crippen LogP contribution < -0.4 is 10.2 Å². The molecule has 2 unspecified atom stereocenters. The van der Waals surface area contributed by atoms with E-state index in [4.69, 9.17) is 0 Å². The van der Waals surface area contributed by atoms with Crippen LogP contribution in [0.2, 0.25) is 0 Å². The Kier molecular flexibility index (Phi) is 3.84. The molecule has 1 N–H and O–H groups in total. The van der Waals surface area contributed by atoms with Gasteiger partial charge in [0.1, 0.15) is 0 Å². The van der Waals surface area contributed by atoms with Crippen LogP contribution in [0, 0.1) is 0 Å². The molecular formula is C13H17BrN2O. The fourth-order valence-electron chi connectivity index (χ4n) is 2.13. The van der Waals surface area contributed by atoms with Gasteiger partial charge in [0.15, 0.2) is 0 Å².